The smallest absolute Gasteiger partial charge is 0.224 e. The average Bonchev–Trinajstić information content (AvgIpc) is 3.07. The van der Waals surface area contributed by atoms with Crippen LogP contribution in [0.4, 0.5) is 5.69 Å². The molecule has 0 saturated heterocycles. The minimum Gasteiger partial charge on any atom is -0.356 e. The third-order valence-electron chi connectivity index (χ3n) is 3.61. The second-order valence-electron chi connectivity index (χ2n) is 5.73. The molecule has 0 radical (unpaired) electrons. The number of nitrogens with one attached hydrogen (secondary N) is 3. The van der Waals surface area contributed by atoms with Crippen LogP contribution in [-0.4, -0.2) is 33.5 Å². The fraction of sp³-hybridized carbons (Fsp3) is 0.412. The van der Waals surface area contributed by atoms with Crippen LogP contribution in [-0.2, 0) is 16.1 Å². The lowest BCUT2D eigenvalue weighted by Crippen LogP contribution is -2.20. The van der Waals surface area contributed by atoms with Crippen molar-refractivity contribution in [3.05, 3.63) is 30.1 Å². The molecular formula is C17H25ClN6O2. The number of benzene rings is 1. The van der Waals surface area contributed by atoms with Gasteiger partial charge in [-0.2, -0.15) is 5.10 Å². The number of aromatic amines is 1. The van der Waals surface area contributed by atoms with E-state index in [4.69, 9.17) is 5.73 Å². The Morgan fingerprint density at radius 1 is 1.15 bits per heavy atom. The number of carbonyl (C=O) groups excluding carboxylic acids is 2. The first-order chi connectivity index (χ1) is 12.1. The van der Waals surface area contributed by atoms with Crippen molar-refractivity contribution in [3.8, 4) is 11.4 Å². The second-order valence-corrected chi connectivity index (χ2v) is 5.73. The Morgan fingerprint density at radius 2 is 1.88 bits per heavy atom. The van der Waals surface area contributed by atoms with E-state index in [0.29, 0.717) is 31.2 Å². The number of nitrogens with two attached hydrogens (primary N) is 1. The lowest BCUT2D eigenvalue weighted by molar-refractivity contribution is -0.119. The van der Waals surface area contributed by atoms with Crippen molar-refractivity contribution in [3.63, 3.8) is 0 Å². The van der Waals surface area contributed by atoms with Gasteiger partial charge in [0.2, 0.25) is 11.8 Å². The molecule has 1 aromatic carbocycles. The Balaban J connectivity index is 0.00000338. The lowest BCUT2D eigenvalue weighted by atomic mass is 10.1. The molecule has 0 spiro atoms. The topological polar surface area (TPSA) is 126 Å². The average molecular weight is 381 g/mol. The molecule has 0 atom stereocenters. The van der Waals surface area contributed by atoms with Crippen LogP contribution in [0.25, 0.3) is 11.4 Å². The Labute approximate surface area is 158 Å². The number of amides is 2. The Morgan fingerprint density at radius 3 is 2.50 bits per heavy atom. The number of rotatable bonds is 9. The van der Waals surface area contributed by atoms with Crippen molar-refractivity contribution < 1.29 is 9.59 Å². The van der Waals surface area contributed by atoms with Gasteiger partial charge in [0, 0.05) is 31.1 Å². The van der Waals surface area contributed by atoms with E-state index in [1.165, 1.54) is 6.92 Å². The van der Waals surface area contributed by atoms with E-state index >= 15 is 0 Å². The van der Waals surface area contributed by atoms with E-state index in [-0.39, 0.29) is 24.2 Å². The highest BCUT2D eigenvalue weighted by molar-refractivity contribution is 5.90. The van der Waals surface area contributed by atoms with Gasteiger partial charge >= 0.3 is 0 Å². The second kappa shape index (κ2) is 11.2. The van der Waals surface area contributed by atoms with Gasteiger partial charge in [0.1, 0.15) is 5.82 Å². The predicted molar refractivity (Wildman–Crippen MR) is 103 cm³/mol. The van der Waals surface area contributed by atoms with Crippen LogP contribution in [0.15, 0.2) is 24.3 Å². The van der Waals surface area contributed by atoms with E-state index in [9.17, 15) is 9.59 Å². The van der Waals surface area contributed by atoms with Crippen LogP contribution in [0, 0.1) is 0 Å². The minimum atomic E-state index is -0.0227. The maximum atomic E-state index is 11.9. The Hall–Kier alpha value is -2.45. The number of hydrogen-bond donors (Lipinski definition) is 4. The van der Waals surface area contributed by atoms with Crippen LogP contribution in [0.5, 0.6) is 0 Å². The van der Waals surface area contributed by atoms with Gasteiger partial charge in [-0.05, 0) is 37.1 Å². The molecule has 8 nitrogen and oxygen atoms in total. The molecule has 5 N–H and O–H groups in total. The Bertz CT molecular complexity index is 702. The van der Waals surface area contributed by atoms with Gasteiger partial charge in [-0.15, -0.1) is 12.4 Å². The summed E-state index contributed by atoms with van der Waals surface area (Å²) in [6.45, 7) is 2.47. The number of halogens is 1. The molecule has 0 saturated carbocycles. The summed E-state index contributed by atoms with van der Waals surface area (Å²) >= 11 is 0. The predicted octanol–water partition coefficient (Wildman–Crippen LogP) is 1.99. The summed E-state index contributed by atoms with van der Waals surface area (Å²) in [6, 6.07) is 7.35. The standard InChI is InChI=1S/C17H24N6O2.ClH/c1-12(24)19-10-4-2-3-5-16(25)20-14-8-6-13(7-9-14)17-21-15(11-18)22-23-17;/h6-9H,2-5,10-11,18H2,1H3,(H,19,24)(H,20,25)(H,21,22,23);1H. The van der Waals surface area contributed by atoms with Crippen LogP contribution in [0.3, 0.4) is 0 Å². The summed E-state index contributed by atoms with van der Waals surface area (Å²) in [7, 11) is 0. The summed E-state index contributed by atoms with van der Waals surface area (Å²) in [5.41, 5.74) is 7.09. The van der Waals surface area contributed by atoms with Crippen LogP contribution in [0.2, 0.25) is 0 Å². The molecule has 9 heteroatoms. The summed E-state index contributed by atoms with van der Waals surface area (Å²) in [5, 5.41) is 12.5. The summed E-state index contributed by atoms with van der Waals surface area (Å²) in [5.74, 6) is 1.17. The Kier molecular flexibility index (Phi) is 9.32. The highest BCUT2D eigenvalue weighted by Gasteiger charge is 2.06. The SMILES string of the molecule is CC(=O)NCCCCCC(=O)Nc1ccc(-c2n[nH]c(CN)n2)cc1.Cl. The van der Waals surface area contributed by atoms with Gasteiger partial charge in [-0.1, -0.05) is 6.42 Å². The fourth-order valence-corrected chi connectivity index (χ4v) is 2.29. The first kappa shape index (κ1) is 21.6. The monoisotopic (exact) mass is 380 g/mol. The largest absolute Gasteiger partial charge is 0.356 e. The van der Waals surface area contributed by atoms with Crippen LogP contribution in [0.1, 0.15) is 38.4 Å². The number of aromatic nitrogens is 3. The zero-order valence-corrected chi connectivity index (χ0v) is 15.6. The molecular weight excluding hydrogens is 356 g/mol. The van der Waals surface area contributed by atoms with Crippen molar-refractivity contribution in [1.82, 2.24) is 20.5 Å². The number of H-pyrrole nitrogens is 1. The number of unbranched alkanes of at least 4 members (excludes halogenated alkanes) is 2. The third-order valence-corrected chi connectivity index (χ3v) is 3.61. The first-order valence-corrected chi connectivity index (χ1v) is 8.34. The maximum absolute atomic E-state index is 11.9. The highest BCUT2D eigenvalue weighted by atomic mass is 35.5. The van der Waals surface area contributed by atoms with Gasteiger partial charge in [0.25, 0.3) is 0 Å². The van der Waals surface area contributed by atoms with E-state index in [1.54, 1.807) is 0 Å². The molecule has 1 heterocycles. The summed E-state index contributed by atoms with van der Waals surface area (Å²) < 4.78 is 0. The number of anilines is 1. The fourth-order valence-electron chi connectivity index (χ4n) is 2.29. The maximum Gasteiger partial charge on any atom is 0.224 e. The lowest BCUT2D eigenvalue weighted by Gasteiger charge is -2.06. The molecule has 0 aliphatic heterocycles. The van der Waals surface area contributed by atoms with Gasteiger partial charge in [0.15, 0.2) is 5.82 Å². The highest BCUT2D eigenvalue weighted by Crippen LogP contribution is 2.18. The summed E-state index contributed by atoms with van der Waals surface area (Å²) in [4.78, 5) is 26.9. The van der Waals surface area contributed by atoms with Crippen LogP contribution >= 0.6 is 12.4 Å². The quantitative estimate of drug-likeness (QED) is 0.495. The van der Waals surface area contributed by atoms with E-state index in [0.717, 1.165) is 30.5 Å². The van der Waals surface area contributed by atoms with Crippen molar-refractivity contribution >= 4 is 29.9 Å². The van der Waals surface area contributed by atoms with Gasteiger partial charge in [-0.25, -0.2) is 4.98 Å². The molecule has 142 valence electrons. The van der Waals surface area contributed by atoms with E-state index in [1.807, 2.05) is 24.3 Å². The molecule has 2 rings (SSSR count). The van der Waals surface area contributed by atoms with Crippen molar-refractivity contribution in [2.24, 2.45) is 5.73 Å². The van der Waals surface area contributed by atoms with Gasteiger partial charge in [-0.3, -0.25) is 14.7 Å². The number of carbonyl (C=O) groups is 2. The third kappa shape index (κ3) is 7.20. The molecule has 1 aromatic heterocycles. The molecule has 2 aromatic rings. The molecule has 0 unspecified atom stereocenters. The van der Waals surface area contributed by atoms with Gasteiger partial charge in [0.05, 0.1) is 6.54 Å². The molecule has 26 heavy (non-hydrogen) atoms. The normalized spacial score (nSPS) is 10.1. The summed E-state index contributed by atoms with van der Waals surface area (Å²) in [6.07, 6.45) is 3.04. The zero-order valence-electron chi connectivity index (χ0n) is 14.7. The molecule has 0 aliphatic carbocycles. The zero-order chi connectivity index (χ0) is 18.1. The number of nitrogens with zero attached hydrogens (tertiary/aromatic N) is 2. The van der Waals surface area contributed by atoms with E-state index in [2.05, 4.69) is 25.8 Å². The van der Waals surface area contributed by atoms with Crippen LogP contribution < -0.4 is 16.4 Å². The molecule has 0 fully saturated rings. The molecule has 0 bridgehead atoms. The van der Waals surface area contributed by atoms with Crippen molar-refractivity contribution in [2.45, 2.75) is 39.2 Å². The van der Waals surface area contributed by atoms with Gasteiger partial charge < -0.3 is 16.4 Å². The van der Waals surface area contributed by atoms with Crippen molar-refractivity contribution in [1.29, 1.82) is 0 Å². The number of hydrogen-bond acceptors (Lipinski definition) is 5. The molecule has 2 amide bonds. The first-order valence-electron chi connectivity index (χ1n) is 8.34. The van der Waals surface area contributed by atoms with E-state index < -0.39 is 0 Å². The van der Waals surface area contributed by atoms with Crippen molar-refractivity contribution in [2.75, 3.05) is 11.9 Å². The minimum absolute atomic E-state index is 0. The molecule has 0 aliphatic rings.